The molecule has 0 radical (unpaired) electrons. The van der Waals surface area contributed by atoms with Gasteiger partial charge in [0.15, 0.2) is 0 Å². The summed E-state index contributed by atoms with van der Waals surface area (Å²) in [6, 6.07) is 7.69. The van der Waals surface area contributed by atoms with Gasteiger partial charge in [0.1, 0.15) is 5.75 Å². The van der Waals surface area contributed by atoms with Crippen LogP contribution >= 0.6 is 0 Å². The monoisotopic (exact) mass is 324 g/mol. The molecule has 1 aliphatic heterocycles. The number of halogens is 2. The molecule has 128 valence electrons. The Kier molecular flexibility index (Phi) is 5.84. The van der Waals surface area contributed by atoms with Crippen molar-refractivity contribution in [2.24, 2.45) is 5.92 Å². The molecule has 1 aliphatic carbocycles. The lowest BCUT2D eigenvalue weighted by Crippen LogP contribution is -2.39. The van der Waals surface area contributed by atoms with Crippen LogP contribution in [0.15, 0.2) is 24.3 Å². The maximum atomic E-state index is 12.6. The molecule has 1 heterocycles. The molecule has 3 nitrogen and oxygen atoms in total. The quantitative estimate of drug-likeness (QED) is 0.829. The van der Waals surface area contributed by atoms with E-state index in [1.807, 2.05) is 12.1 Å². The van der Waals surface area contributed by atoms with Gasteiger partial charge in [0, 0.05) is 31.2 Å². The molecular formula is C18H26F2N2O. The second-order valence-electron chi connectivity index (χ2n) is 6.71. The van der Waals surface area contributed by atoms with Gasteiger partial charge in [0.2, 0.25) is 0 Å². The van der Waals surface area contributed by atoms with E-state index in [1.165, 1.54) is 25.7 Å². The van der Waals surface area contributed by atoms with Crippen LogP contribution in [0.5, 0.6) is 5.75 Å². The molecule has 0 amide bonds. The van der Waals surface area contributed by atoms with Gasteiger partial charge in [-0.25, -0.2) is 0 Å². The molecule has 0 bridgehead atoms. The minimum Gasteiger partial charge on any atom is -0.434 e. The summed E-state index contributed by atoms with van der Waals surface area (Å²) in [7, 11) is 0. The van der Waals surface area contributed by atoms with E-state index in [1.54, 1.807) is 12.1 Å². The standard InChI is InChI=1S/C18H26F2N2O/c19-18(20)23-17-8-4-3-7-15(17)13-22(16-9-10-21-11-16)12-14-5-1-2-6-14/h3-4,7-8,14,16,18,21H,1-2,5-6,9-13H2/t16-/m0/s1. The minimum absolute atomic E-state index is 0.310. The smallest absolute Gasteiger partial charge is 0.387 e. The molecule has 1 saturated heterocycles. The van der Waals surface area contributed by atoms with Crippen molar-refractivity contribution in [1.82, 2.24) is 10.2 Å². The average Bonchev–Trinajstić information content (AvgIpc) is 3.20. The summed E-state index contributed by atoms with van der Waals surface area (Å²) in [5.74, 6) is 1.06. The molecule has 0 spiro atoms. The first kappa shape index (κ1) is 16.7. The van der Waals surface area contributed by atoms with Crippen molar-refractivity contribution in [1.29, 1.82) is 0 Å². The first-order chi connectivity index (χ1) is 11.2. The highest BCUT2D eigenvalue weighted by Gasteiger charge is 2.27. The lowest BCUT2D eigenvalue weighted by molar-refractivity contribution is -0.0509. The number of benzene rings is 1. The van der Waals surface area contributed by atoms with Crippen LogP contribution < -0.4 is 10.1 Å². The van der Waals surface area contributed by atoms with Gasteiger partial charge in [0.05, 0.1) is 0 Å². The third-order valence-corrected chi connectivity index (χ3v) is 5.08. The van der Waals surface area contributed by atoms with Crippen LogP contribution in [0.1, 0.15) is 37.7 Å². The Morgan fingerprint density at radius 1 is 1.17 bits per heavy atom. The van der Waals surface area contributed by atoms with Crippen molar-refractivity contribution in [3.63, 3.8) is 0 Å². The van der Waals surface area contributed by atoms with E-state index >= 15 is 0 Å². The van der Waals surface area contributed by atoms with Crippen LogP contribution in [0.4, 0.5) is 8.78 Å². The van der Waals surface area contributed by atoms with E-state index in [0.717, 1.165) is 37.5 Å². The number of hydrogen-bond donors (Lipinski definition) is 1. The maximum absolute atomic E-state index is 12.6. The van der Waals surface area contributed by atoms with E-state index in [9.17, 15) is 8.78 Å². The molecule has 23 heavy (non-hydrogen) atoms. The number of nitrogens with zero attached hydrogens (tertiary/aromatic N) is 1. The fourth-order valence-electron chi connectivity index (χ4n) is 3.88. The second kappa shape index (κ2) is 8.06. The zero-order valence-corrected chi connectivity index (χ0v) is 13.5. The summed E-state index contributed by atoms with van der Waals surface area (Å²) in [6.45, 7) is 1.01. The summed E-state index contributed by atoms with van der Waals surface area (Å²) in [4.78, 5) is 2.48. The minimum atomic E-state index is -2.77. The van der Waals surface area contributed by atoms with Crippen LogP contribution in [0.3, 0.4) is 0 Å². The summed E-state index contributed by atoms with van der Waals surface area (Å²) in [6.07, 6.45) is 6.38. The van der Waals surface area contributed by atoms with E-state index in [0.29, 0.717) is 18.3 Å². The number of nitrogens with one attached hydrogen (secondary N) is 1. The maximum Gasteiger partial charge on any atom is 0.387 e. The van der Waals surface area contributed by atoms with E-state index < -0.39 is 6.61 Å². The zero-order valence-electron chi connectivity index (χ0n) is 13.5. The molecule has 1 aromatic rings. The van der Waals surface area contributed by atoms with Crippen LogP contribution in [0, 0.1) is 5.92 Å². The molecule has 3 rings (SSSR count). The lowest BCUT2D eigenvalue weighted by Gasteiger charge is -2.31. The number of rotatable bonds is 7. The number of hydrogen-bond acceptors (Lipinski definition) is 3. The first-order valence-corrected chi connectivity index (χ1v) is 8.70. The van der Waals surface area contributed by atoms with Gasteiger partial charge in [-0.15, -0.1) is 0 Å². The largest absolute Gasteiger partial charge is 0.434 e. The van der Waals surface area contributed by atoms with Gasteiger partial charge >= 0.3 is 6.61 Å². The van der Waals surface area contributed by atoms with Crippen molar-refractivity contribution in [2.75, 3.05) is 19.6 Å². The average molecular weight is 324 g/mol. The fourth-order valence-corrected chi connectivity index (χ4v) is 3.88. The molecule has 1 N–H and O–H groups in total. The zero-order chi connectivity index (χ0) is 16.1. The number of ether oxygens (including phenoxy) is 1. The van der Waals surface area contributed by atoms with E-state index in [4.69, 9.17) is 4.74 Å². The Balaban J connectivity index is 1.71. The first-order valence-electron chi connectivity index (χ1n) is 8.70. The molecule has 2 fully saturated rings. The van der Waals surface area contributed by atoms with Gasteiger partial charge in [-0.2, -0.15) is 8.78 Å². The fraction of sp³-hybridized carbons (Fsp3) is 0.667. The van der Waals surface area contributed by atoms with Crippen molar-refractivity contribution >= 4 is 0 Å². The van der Waals surface area contributed by atoms with Gasteiger partial charge in [-0.1, -0.05) is 31.0 Å². The SMILES string of the molecule is FC(F)Oc1ccccc1CN(CC1CCCC1)[C@H]1CCNC1. The van der Waals surface area contributed by atoms with E-state index in [-0.39, 0.29) is 0 Å². The molecule has 1 atom stereocenters. The van der Waals surface area contributed by atoms with Gasteiger partial charge in [0.25, 0.3) is 0 Å². The van der Waals surface area contributed by atoms with Crippen molar-refractivity contribution in [3.8, 4) is 5.75 Å². The highest BCUT2D eigenvalue weighted by Crippen LogP contribution is 2.29. The summed E-state index contributed by atoms with van der Waals surface area (Å²) in [5.41, 5.74) is 0.859. The topological polar surface area (TPSA) is 24.5 Å². The van der Waals surface area contributed by atoms with Gasteiger partial charge in [-0.05, 0) is 37.8 Å². The Morgan fingerprint density at radius 3 is 2.65 bits per heavy atom. The van der Waals surface area contributed by atoms with Crippen molar-refractivity contribution in [2.45, 2.75) is 51.3 Å². The van der Waals surface area contributed by atoms with Gasteiger partial charge < -0.3 is 10.1 Å². The Bertz CT molecular complexity index is 486. The predicted molar refractivity (Wildman–Crippen MR) is 86.7 cm³/mol. The Hall–Kier alpha value is -1.20. The number of alkyl halides is 2. The summed E-state index contributed by atoms with van der Waals surface area (Å²) < 4.78 is 29.9. The summed E-state index contributed by atoms with van der Waals surface area (Å²) in [5, 5.41) is 3.42. The van der Waals surface area contributed by atoms with Crippen LogP contribution in [0.25, 0.3) is 0 Å². The summed E-state index contributed by atoms with van der Waals surface area (Å²) >= 11 is 0. The lowest BCUT2D eigenvalue weighted by atomic mass is 10.0. The molecular weight excluding hydrogens is 298 g/mol. The normalized spacial score (nSPS) is 22.3. The van der Waals surface area contributed by atoms with Crippen molar-refractivity contribution in [3.05, 3.63) is 29.8 Å². The van der Waals surface area contributed by atoms with Crippen molar-refractivity contribution < 1.29 is 13.5 Å². The molecule has 1 aromatic carbocycles. The Morgan fingerprint density at radius 2 is 1.96 bits per heavy atom. The number of para-hydroxylation sites is 1. The highest BCUT2D eigenvalue weighted by molar-refractivity contribution is 5.33. The van der Waals surface area contributed by atoms with Gasteiger partial charge in [-0.3, -0.25) is 4.90 Å². The molecule has 5 heteroatoms. The van der Waals surface area contributed by atoms with Crippen LogP contribution in [-0.2, 0) is 6.54 Å². The van der Waals surface area contributed by atoms with Crippen LogP contribution in [0.2, 0.25) is 0 Å². The van der Waals surface area contributed by atoms with E-state index in [2.05, 4.69) is 10.2 Å². The third kappa shape index (κ3) is 4.64. The van der Waals surface area contributed by atoms with Crippen LogP contribution in [-0.4, -0.2) is 37.2 Å². The molecule has 0 unspecified atom stereocenters. The molecule has 0 aromatic heterocycles. The highest BCUT2D eigenvalue weighted by atomic mass is 19.3. The second-order valence-corrected chi connectivity index (χ2v) is 6.71. The molecule has 1 saturated carbocycles. The third-order valence-electron chi connectivity index (χ3n) is 5.08. The predicted octanol–water partition coefficient (Wildman–Crippen LogP) is 3.64. The Labute approximate surface area is 137 Å². The molecule has 2 aliphatic rings.